The molecule has 0 aliphatic carbocycles. The van der Waals surface area contributed by atoms with Gasteiger partial charge < -0.3 is 25.6 Å². The summed E-state index contributed by atoms with van der Waals surface area (Å²) in [5.74, 6) is -0.0797. The Kier molecular flexibility index (Phi) is 5.01. The van der Waals surface area contributed by atoms with Gasteiger partial charge in [0.15, 0.2) is 11.2 Å². The molecule has 0 saturated carbocycles. The topological polar surface area (TPSA) is 154 Å². The zero-order valence-electron chi connectivity index (χ0n) is 15.5. The summed E-state index contributed by atoms with van der Waals surface area (Å²) in [6, 6.07) is 6.99. The minimum absolute atomic E-state index is 0.122. The Morgan fingerprint density at radius 1 is 1.38 bits per heavy atom. The molecule has 1 amide bonds. The van der Waals surface area contributed by atoms with Gasteiger partial charge in [-0.05, 0) is 12.1 Å². The third-order valence-electron chi connectivity index (χ3n) is 4.62. The first-order chi connectivity index (χ1) is 14.0. The fraction of sp³-hybridized carbons (Fsp3) is 0.333. The Labute approximate surface area is 164 Å². The van der Waals surface area contributed by atoms with Gasteiger partial charge in [-0.25, -0.2) is 4.98 Å². The van der Waals surface area contributed by atoms with Crippen LogP contribution in [0.4, 0.5) is 17.3 Å². The summed E-state index contributed by atoms with van der Waals surface area (Å²) in [7, 11) is 0. The maximum absolute atomic E-state index is 12.5. The molecule has 152 valence electrons. The second kappa shape index (κ2) is 7.62. The third-order valence-corrected chi connectivity index (χ3v) is 4.62. The zero-order chi connectivity index (χ0) is 20.5. The van der Waals surface area contributed by atoms with E-state index in [4.69, 9.17) is 4.74 Å². The number of nitrogens with one attached hydrogen (secondary N) is 3. The van der Waals surface area contributed by atoms with E-state index in [0.29, 0.717) is 11.4 Å². The van der Waals surface area contributed by atoms with Gasteiger partial charge in [0.05, 0.1) is 30.4 Å². The molecule has 11 heteroatoms. The van der Waals surface area contributed by atoms with Gasteiger partial charge in [0.25, 0.3) is 5.56 Å². The van der Waals surface area contributed by atoms with Crippen LogP contribution in [-0.2, 0) is 9.53 Å². The van der Waals surface area contributed by atoms with E-state index in [1.54, 1.807) is 28.8 Å². The van der Waals surface area contributed by atoms with Crippen LogP contribution in [0.15, 0.2) is 35.4 Å². The van der Waals surface area contributed by atoms with Gasteiger partial charge >= 0.3 is 0 Å². The lowest BCUT2D eigenvalue weighted by Gasteiger charge is -2.14. The van der Waals surface area contributed by atoms with E-state index >= 15 is 0 Å². The van der Waals surface area contributed by atoms with Crippen LogP contribution in [0.2, 0.25) is 0 Å². The highest BCUT2D eigenvalue weighted by molar-refractivity contribution is 5.93. The highest BCUT2D eigenvalue weighted by atomic mass is 16.5. The standard InChI is InChI=1S/C18H20N6O5/c1-9(26)20-10-4-2-3-5-11(10)21-18-22-16-15(17(28)23-18)19-8-24(16)14-6-12(27)13(7-25)29-14/h2-5,8,12-14,25,27H,6-7H2,1H3,(H,20,26)(H2,21,22,23,28)/t12-,13+,14+/m0/s1. The summed E-state index contributed by atoms with van der Waals surface area (Å²) < 4.78 is 7.19. The van der Waals surface area contributed by atoms with Crippen LogP contribution in [0.5, 0.6) is 0 Å². The number of para-hydroxylation sites is 2. The first kappa shape index (κ1) is 19.1. The number of hydrogen-bond acceptors (Lipinski definition) is 8. The lowest BCUT2D eigenvalue weighted by molar-refractivity contribution is -0.114. The maximum atomic E-state index is 12.5. The predicted molar refractivity (Wildman–Crippen MR) is 104 cm³/mol. The first-order valence-electron chi connectivity index (χ1n) is 9.01. The Morgan fingerprint density at radius 3 is 2.83 bits per heavy atom. The number of rotatable bonds is 5. The van der Waals surface area contributed by atoms with Gasteiger partial charge in [0.1, 0.15) is 12.3 Å². The second-order valence-electron chi connectivity index (χ2n) is 6.71. The number of aromatic amines is 1. The molecule has 1 fully saturated rings. The van der Waals surface area contributed by atoms with Crippen LogP contribution in [0, 0.1) is 0 Å². The van der Waals surface area contributed by atoms with Gasteiger partial charge in [0, 0.05) is 13.3 Å². The molecule has 29 heavy (non-hydrogen) atoms. The number of aromatic nitrogens is 4. The molecule has 1 aliphatic heterocycles. The zero-order valence-corrected chi connectivity index (χ0v) is 15.5. The van der Waals surface area contributed by atoms with Crippen LogP contribution in [0.3, 0.4) is 0 Å². The van der Waals surface area contributed by atoms with Crippen molar-refractivity contribution in [3.63, 3.8) is 0 Å². The molecule has 0 spiro atoms. The molecular formula is C18H20N6O5. The number of anilines is 3. The van der Waals surface area contributed by atoms with Crippen molar-refractivity contribution >= 4 is 34.4 Å². The van der Waals surface area contributed by atoms with Crippen molar-refractivity contribution in [2.24, 2.45) is 0 Å². The van der Waals surface area contributed by atoms with Crippen LogP contribution in [-0.4, -0.2) is 54.5 Å². The summed E-state index contributed by atoms with van der Waals surface area (Å²) in [5.41, 5.74) is 1.01. The largest absolute Gasteiger partial charge is 0.394 e. The molecule has 1 saturated heterocycles. The number of carbonyl (C=O) groups is 1. The molecule has 3 heterocycles. The number of hydrogen-bond donors (Lipinski definition) is 5. The smallest absolute Gasteiger partial charge is 0.280 e. The number of aliphatic hydroxyl groups is 2. The minimum Gasteiger partial charge on any atom is -0.394 e. The molecule has 0 unspecified atom stereocenters. The van der Waals surface area contributed by atoms with Crippen molar-refractivity contribution in [1.82, 2.24) is 19.5 Å². The Hall–Kier alpha value is -3.28. The number of aliphatic hydroxyl groups excluding tert-OH is 2. The molecule has 5 N–H and O–H groups in total. The lowest BCUT2D eigenvalue weighted by Crippen LogP contribution is -2.24. The highest BCUT2D eigenvalue weighted by Gasteiger charge is 2.35. The number of benzene rings is 1. The quantitative estimate of drug-likeness (QED) is 0.414. The van der Waals surface area contributed by atoms with E-state index in [1.165, 1.54) is 13.3 Å². The van der Waals surface area contributed by atoms with Crippen LogP contribution in [0.1, 0.15) is 19.6 Å². The summed E-state index contributed by atoms with van der Waals surface area (Å²) in [4.78, 5) is 35.0. The van der Waals surface area contributed by atoms with Crippen LogP contribution >= 0.6 is 0 Å². The molecule has 3 aromatic rings. The Bertz CT molecular complexity index is 1110. The first-order valence-corrected chi connectivity index (χ1v) is 9.01. The van der Waals surface area contributed by atoms with E-state index in [1.807, 2.05) is 0 Å². The number of carbonyl (C=O) groups excluding carboxylic acids is 1. The number of imidazole rings is 1. The molecule has 0 radical (unpaired) electrons. The van der Waals surface area contributed by atoms with Crippen molar-refractivity contribution in [2.75, 3.05) is 17.2 Å². The van der Waals surface area contributed by atoms with Crippen molar-refractivity contribution in [1.29, 1.82) is 0 Å². The summed E-state index contributed by atoms with van der Waals surface area (Å²) in [6.07, 6.45) is -0.493. The number of ether oxygens (including phenoxy) is 1. The van der Waals surface area contributed by atoms with Gasteiger partial charge in [-0.15, -0.1) is 0 Å². The van der Waals surface area contributed by atoms with Gasteiger partial charge in [-0.1, -0.05) is 12.1 Å². The van der Waals surface area contributed by atoms with E-state index in [-0.39, 0.29) is 36.0 Å². The minimum atomic E-state index is -0.827. The normalized spacial score (nSPS) is 21.4. The summed E-state index contributed by atoms with van der Waals surface area (Å²) in [5, 5.41) is 25.0. The van der Waals surface area contributed by atoms with Crippen LogP contribution < -0.4 is 16.2 Å². The molecule has 0 bridgehead atoms. The van der Waals surface area contributed by atoms with Gasteiger partial charge in [-0.3, -0.25) is 19.1 Å². The Morgan fingerprint density at radius 2 is 2.14 bits per heavy atom. The summed E-state index contributed by atoms with van der Waals surface area (Å²) >= 11 is 0. The Balaban J connectivity index is 1.69. The predicted octanol–water partition coefficient (Wildman–Crippen LogP) is 0.462. The highest BCUT2D eigenvalue weighted by Crippen LogP contribution is 2.30. The van der Waals surface area contributed by atoms with Crippen LogP contribution in [0.25, 0.3) is 11.2 Å². The molecule has 11 nitrogen and oxygen atoms in total. The molecule has 4 rings (SSSR count). The molecule has 1 aromatic carbocycles. The number of fused-ring (bicyclic) bond motifs is 1. The average Bonchev–Trinajstić information content (AvgIpc) is 3.26. The van der Waals surface area contributed by atoms with Gasteiger partial charge in [-0.2, -0.15) is 4.98 Å². The second-order valence-corrected chi connectivity index (χ2v) is 6.71. The van der Waals surface area contributed by atoms with Crippen molar-refractivity contribution < 1.29 is 19.7 Å². The fourth-order valence-corrected chi connectivity index (χ4v) is 3.26. The van der Waals surface area contributed by atoms with Crippen molar-refractivity contribution in [3.8, 4) is 0 Å². The number of nitrogens with zero attached hydrogens (tertiary/aromatic N) is 3. The summed E-state index contributed by atoms with van der Waals surface area (Å²) in [6.45, 7) is 1.09. The SMILES string of the molecule is CC(=O)Nc1ccccc1Nc1nc2c(ncn2[C@H]2C[C@H](O)[C@@H](CO)O2)c(=O)[nH]1. The van der Waals surface area contributed by atoms with Gasteiger partial charge in [0.2, 0.25) is 11.9 Å². The van der Waals surface area contributed by atoms with E-state index in [2.05, 4.69) is 25.6 Å². The average molecular weight is 400 g/mol. The lowest BCUT2D eigenvalue weighted by atomic mass is 10.2. The maximum Gasteiger partial charge on any atom is 0.280 e. The molecule has 1 aliphatic rings. The third kappa shape index (κ3) is 3.70. The van der Waals surface area contributed by atoms with E-state index < -0.39 is 24.0 Å². The number of H-pyrrole nitrogens is 1. The number of amides is 1. The molecule has 3 atom stereocenters. The molecule has 2 aromatic heterocycles. The fourth-order valence-electron chi connectivity index (χ4n) is 3.26. The van der Waals surface area contributed by atoms with E-state index in [9.17, 15) is 19.8 Å². The van der Waals surface area contributed by atoms with Crippen molar-refractivity contribution in [2.45, 2.75) is 31.8 Å². The molecular weight excluding hydrogens is 380 g/mol. The monoisotopic (exact) mass is 400 g/mol. The van der Waals surface area contributed by atoms with Crippen molar-refractivity contribution in [3.05, 3.63) is 40.9 Å². The van der Waals surface area contributed by atoms with E-state index in [0.717, 1.165) is 0 Å².